The van der Waals surface area contributed by atoms with Gasteiger partial charge in [-0.05, 0) is 30.4 Å². The molecule has 92 valence electrons. The van der Waals surface area contributed by atoms with E-state index in [0.717, 1.165) is 0 Å². The number of nitrogens with one attached hydrogen (secondary N) is 2. The summed E-state index contributed by atoms with van der Waals surface area (Å²) in [5.74, 6) is -0.331. The monoisotopic (exact) mass is 274 g/mol. The van der Waals surface area contributed by atoms with Gasteiger partial charge in [0.25, 0.3) is 0 Å². The van der Waals surface area contributed by atoms with E-state index < -0.39 is 0 Å². The predicted molar refractivity (Wildman–Crippen MR) is 69.1 cm³/mol. The number of amides is 1. The van der Waals surface area contributed by atoms with Crippen LogP contribution in [-0.4, -0.2) is 16.2 Å². The highest BCUT2D eigenvalue weighted by Gasteiger charge is 2.05. The fourth-order valence-electron chi connectivity index (χ4n) is 1.04. The summed E-state index contributed by atoms with van der Waals surface area (Å²) in [6.45, 7) is 1.30. The smallest absolute Gasteiger partial charge is 0.222 e. The van der Waals surface area contributed by atoms with E-state index in [1.165, 1.54) is 25.1 Å². The van der Waals surface area contributed by atoms with Gasteiger partial charge in [0.2, 0.25) is 5.91 Å². The minimum atomic E-state index is -0.331. The van der Waals surface area contributed by atoms with Gasteiger partial charge >= 0.3 is 0 Å². The third-order valence-corrected chi connectivity index (χ3v) is 2.24. The Balaban J connectivity index is 2.86. The molecule has 0 aliphatic rings. The van der Waals surface area contributed by atoms with Crippen molar-refractivity contribution in [1.29, 1.82) is 0 Å². The quantitative estimate of drug-likeness (QED) is 0.564. The first-order valence-corrected chi connectivity index (χ1v) is 5.23. The molecule has 0 radical (unpaired) electrons. The van der Waals surface area contributed by atoms with Crippen molar-refractivity contribution < 1.29 is 10.0 Å². The van der Waals surface area contributed by atoms with Crippen molar-refractivity contribution in [2.24, 2.45) is 0 Å². The van der Waals surface area contributed by atoms with Crippen molar-refractivity contribution in [2.45, 2.75) is 6.92 Å². The van der Waals surface area contributed by atoms with E-state index in [2.05, 4.69) is 10.6 Å². The number of rotatable bonds is 2. The highest BCUT2D eigenvalue weighted by Crippen LogP contribution is 2.26. The molecule has 0 saturated carbocycles. The van der Waals surface area contributed by atoms with E-state index in [0.29, 0.717) is 10.7 Å². The zero-order valence-electron chi connectivity index (χ0n) is 8.73. The van der Waals surface area contributed by atoms with E-state index in [1.54, 1.807) is 0 Å². The number of benzene rings is 1. The molecule has 1 aromatic rings. The van der Waals surface area contributed by atoms with Gasteiger partial charge in [-0.2, -0.15) is 0 Å². The molecule has 0 fully saturated rings. The number of nitrogens with zero attached hydrogens (tertiary/aromatic N) is 1. The summed E-state index contributed by atoms with van der Waals surface area (Å²) in [4.78, 5) is 10.7. The molecule has 1 rings (SSSR count). The molecule has 1 amide bonds. The van der Waals surface area contributed by atoms with E-state index in [9.17, 15) is 10.0 Å². The van der Waals surface area contributed by atoms with Crippen molar-refractivity contribution in [3.63, 3.8) is 0 Å². The van der Waals surface area contributed by atoms with Crippen LogP contribution in [0.15, 0.2) is 18.2 Å². The molecular weight excluding hydrogens is 266 g/mol. The third kappa shape index (κ3) is 4.16. The topological polar surface area (TPSA) is 87.7 Å². The van der Waals surface area contributed by atoms with Gasteiger partial charge in [-0.25, -0.2) is 0 Å². The second kappa shape index (κ2) is 5.78. The lowest BCUT2D eigenvalue weighted by Gasteiger charge is -2.22. The second-order valence-corrected chi connectivity index (χ2v) is 3.89. The second-order valence-electron chi connectivity index (χ2n) is 3.07. The molecule has 1 aromatic carbocycles. The zero-order valence-corrected chi connectivity index (χ0v) is 10.3. The summed E-state index contributed by atoms with van der Waals surface area (Å²) in [7, 11) is 0. The van der Waals surface area contributed by atoms with Crippen LogP contribution in [-0.2, 0) is 4.79 Å². The largest absolute Gasteiger partial charge is 0.733 e. The molecule has 0 aliphatic heterocycles. The normalized spacial score (nSPS) is 9.65. The van der Waals surface area contributed by atoms with E-state index in [4.69, 9.17) is 29.0 Å². The summed E-state index contributed by atoms with van der Waals surface area (Å²) in [5, 5.41) is 24.4. The van der Waals surface area contributed by atoms with Gasteiger partial charge in [0, 0.05) is 6.92 Å². The number of anilines is 2. The van der Waals surface area contributed by atoms with Gasteiger partial charge in [-0.1, -0.05) is 11.6 Å². The molecule has 6 nitrogen and oxygen atoms in total. The standard InChI is InChI=1S/C9H9ClN3O3S/c1-5(14)11-9(17)12-8-4-6(13(15)16)2-3-7(8)10/h2-4,15H,1H3,(H2,11,12,14,17)/q-1. The minimum Gasteiger partial charge on any atom is -0.733 e. The molecule has 3 N–H and O–H groups in total. The molecule has 0 heterocycles. The first kappa shape index (κ1) is 13.7. The van der Waals surface area contributed by atoms with E-state index in [1.807, 2.05) is 0 Å². The summed E-state index contributed by atoms with van der Waals surface area (Å²) in [6.07, 6.45) is 0. The van der Waals surface area contributed by atoms with Crippen LogP contribution in [0, 0.1) is 5.21 Å². The molecule has 0 saturated heterocycles. The van der Waals surface area contributed by atoms with E-state index >= 15 is 0 Å². The molecule has 0 bridgehead atoms. The van der Waals surface area contributed by atoms with Crippen LogP contribution in [0.5, 0.6) is 0 Å². The van der Waals surface area contributed by atoms with Gasteiger partial charge < -0.3 is 21.1 Å². The molecular formula is C9H9ClN3O3S-. The maximum Gasteiger partial charge on any atom is 0.222 e. The number of halogens is 1. The molecule has 8 heteroatoms. The molecule has 0 atom stereocenters. The van der Waals surface area contributed by atoms with Crippen LogP contribution in [0.4, 0.5) is 11.4 Å². The molecule has 0 unspecified atom stereocenters. The summed E-state index contributed by atoms with van der Waals surface area (Å²) >= 11 is 10.7. The lowest BCUT2D eigenvalue weighted by atomic mass is 10.3. The van der Waals surface area contributed by atoms with Gasteiger partial charge in [0.05, 0.1) is 16.4 Å². The Kier molecular flexibility index (Phi) is 4.64. The average molecular weight is 275 g/mol. The summed E-state index contributed by atoms with van der Waals surface area (Å²) < 4.78 is 0. The average Bonchev–Trinajstić information content (AvgIpc) is 2.19. The van der Waals surface area contributed by atoms with Crippen LogP contribution >= 0.6 is 23.8 Å². The molecule has 17 heavy (non-hydrogen) atoms. The van der Waals surface area contributed by atoms with Crippen LogP contribution in [0.25, 0.3) is 0 Å². The summed E-state index contributed by atoms with van der Waals surface area (Å²) in [6, 6.07) is 4.04. The lowest BCUT2D eigenvalue weighted by Crippen LogP contribution is -2.32. The Labute approximate surface area is 108 Å². The van der Waals surface area contributed by atoms with Gasteiger partial charge in [0.1, 0.15) is 0 Å². The van der Waals surface area contributed by atoms with E-state index in [-0.39, 0.29) is 21.9 Å². The van der Waals surface area contributed by atoms with Gasteiger partial charge in [-0.15, -0.1) is 0 Å². The first-order valence-electron chi connectivity index (χ1n) is 4.44. The lowest BCUT2D eigenvalue weighted by molar-refractivity contribution is -0.117. The number of hydrogen-bond acceptors (Lipinski definition) is 5. The minimum absolute atomic E-state index is 0.0116. The SMILES string of the molecule is CC(=O)NC(=S)Nc1cc(N([O-])O)ccc1Cl. The number of hydrogen-bond donors (Lipinski definition) is 3. The van der Waals surface area contributed by atoms with Crippen LogP contribution in [0.1, 0.15) is 6.92 Å². The van der Waals surface area contributed by atoms with Crippen molar-refractivity contribution in [3.05, 3.63) is 28.4 Å². The van der Waals surface area contributed by atoms with Crippen LogP contribution < -0.4 is 15.9 Å². The van der Waals surface area contributed by atoms with Crippen molar-refractivity contribution in [3.8, 4) is 0 Å². The third-order valence-electron chi connectivity index (χ3n) is 1.71. The molecule has 0 aromatic heterocycles. The van der Waals surface area contributed by atoms with Crippen LogP contribution in [0.2, 0.25) is 5.02 Å². The first-order chi connectivity index (χ1) is 7.90. The predicted octanol–water partition coefficient (Wildman–Crippen LogP) is 1.87. The van der Waals surface area contributed by atoms with Gasteiger partial charge in [0.15, 0.2) is 5.11 Å². The zero-order chi connectivity index (χ0) is 13.0. The fourth-order valence-corrected chi connectivity index (χ4v) is 1.46. The maximum absolute atomic E-state index is 10.7. The summed E-state index contributed by atoms with van der Waals surface area (Å²) in [5.41, 5.74) is 0.292. The van der Waals surface area contributed by atoms with Crippen LogP contribution in [0.3, 0.4) is 0 Å². The number of carbonyl (C=O) groups is 1. The Hall–Kier alpha value is -1.41. The number of carbonyl (C=O) groups excluding carboxylic acids is 1. The highest BCUT2D eigenvalue weighted by atomic mass is 35.5. The Morgan fingerprint density at radius 1 is 1.59 bits per heavy atom. The molecule has 0 aliphatic carbocycles. The fraction of sp³-hybridized carbons (Fsp3) is 0.111. The Morgan fingerprint density at radius 3 is 2.76 bits per heavy atom. The number of thiocarbonyl (C=S) groups is 1. The van der Waals surface area contributed by atoms with Crippen molar-refractivity contribution in [1.82, 2.24) is 5.32 Å². The van der Waals surface area contributed by atoms with Crippen molar-refractivity contribution >= 4 is 46.2 Å². The Bertz CT molecular complexity index is 453. The van der Waals surface area contributed by atoms with Gasteiger partial charge in [-0.3, -0.25) is 10.0 Å². The molecule has 0 spiro atoms. The highest BCUT2D eigenvalue weighted by molar-refractivity contribution is 7.80. The maximum atomic E-state index is 10.7. The van der Waals surface area contributed by atoms with Crippen molar-refractivity contribution in [2.75, 3.05) is 10.5 Å². The Morgan fingerprint density at radius 2 is 2.24 bits per heavy atom.